The van der Waals surface area contributed by atoms with Gasteiger partial charge in [-0.3, -0.25) is 4.52 Å². The van der Waals surface area contributed by atoms with Crippen molar-refractivity contribution in [2.75, 3.05) is 6.61 Å². The predicted octanol–water partition coefficient (Wildman–Crippen LogP) is -0.225. The van der Waals surface area contributed by atoms with Crippen LogP contribution in [0, 0.1) is 0 Å². The molecule has 1 rings (SSSR count). The van der Waals surface area contributed by atoms with E-state index in [0.717, 1.165) is 6.42 Å². The lowest BCUT2D eigenvalue weighted by Crippen LogP contribution is -2.48. The van der Waals surface area contributed by atoms with Crippen LogP contribution in [0.15, 0.2) is 0 Å². The van der Waals surface area contributed by atoms with E-state index in [1.165, 1.54) is 0 Å². The molecule has 0 amide bonds. The second-order valence-electron chi connectivity index (χ2n) is 4.16. The zero-order chi connectivity index (χ0) is 13.1. The highest BCUT2D eigenvalue weighted by Gasteiger charge is 2.41. The largest absolute Gasteiger partial charge is 0.470 e. The van der Waals surface area contributed by atoms with Crippen molar-refractivity contribution in [2.45, 2.75) is 50.6 Å². The minimum Gasteiger partial charge on any atom is -0.393 e. The monoisotopic (exact) mass is 270 g/mol. The number of rotatable bonds is 5. The van der Waals surface area contributed by atoms with Crippen molar-refractivity contribution in [3.05, 3.63) is 0 Å². The van der Waals surface area contributed by atoms with Gasteiger partial charge in [-0.25, -0.2) is 4.57 Å². The van der Waals surface area contributed by atoms with Gasteiger partial charge < -0.3 is 24.7 Å². The van der Waals surface area contributed by atoms with Crippen LogP contribution in [-0.2, 0) is 13.8 Å². The number of hydrogen-bond donors (Lipinski definition) is 4. The topological polar surface area (TPSA) is 116 Å². The highest BCUT2D eigenvalue weighted by atomic mass is 31.2. The molecule has 0 unspecified atom stereocenters. The fraction of sp³-hybridized carbons (Fsp3) is 1.00. The summed E-state index contributed by atoms with van der Waals surface area (Å²) in [6, 6.07) is 0. The van der Waals surface area contributed by atoms with E-state index in [0.29, 0.717) is 6.61 Å². The zero-order valence-corrected chi connectivity index (χ0v) is 10.5. The first-order chi connectivity index (χ1) is 7.83. The molecular formula is C9H19O7P. The quantitative estimate of drug-likeness (QED) is 0.510. The molecule has 4 N–H and O–H groups in total. The van der Waals surface area contributed by atoms with E-state index in [1.807, 2.05) is 6.92 Å². The summed E-state index contributed by atoms with van der Waals surface area (Å²) in [5, 5.41) is 19.1. The van der Waals surface area contributed by atoms with Gasteiger partial charge in [0.2, 0.25) is 0 Å². The minimum atomic E-state index is -4.68. The Morgan fingerprint density at radius 3 is 2.47 bits per heavy atom. The first-order valence-corrected chi connectivity index (χ1v) is 7.08. The van der Waals surface area contributed by atoms with Gasteiger partial charge in [-0.2, -0.15) is 0 Å². The summed E-state index contributed by atoms with van der Waals surface area (Å²) in [7, 11) is -4.68. The van der Waals surface area contributed by atoms with Crippen molar-refractivity contribution >= 4 is 7.82 Å². The highest BCUT2D eigenvalue weighted by molar-refractivity contribution is 7.46. The lowest BCUT2D eigenvalue weighted by Gasteiger charge is -2.37. The second kappa shape index (κ2) is 6.24. The summed E-state index contributed by atoms with van der Waals surface area (Å²) < 4.78 is 20.7. The van der Waals surface area contributed by atoms with Gasteiger partial charge in [-0.15, -0.1) is 0 Å². The van der Waals surface area contributed by atoms with Crippen LogP contribution in [0.3, 0.4) is 0 Å². The van der Waals surface area contributed by atoms with E-state index in [2.05, 4.69) is 4.52 Å². The molecule has 0 aromatic heterocycles. The molecule has 0 saturated heterocycles. The Kier molecular flexibility index (Phi) is 5.53. The Bertz CT molecular complexity index is 279. The number of ether oxygens (including phenoxy) is 1. The Morgan fingerprint density at radius 1 is 1.29 bits per heavy atom. The Labute approximate surface area is 99.6 Å². The SMILES string of the molecule is CCCO[C@H]1C[C@@H](O)C[C@H](O)[C@@H]1OP(=O)(O)O. The third kappa shape index (κ3) is 5.01. The van der Waals surface area contributed by atoms with Crippen molar-refractivity contribution < 1.29 is 33.8 Å². The van der Waals surface area contributed by atoms with E-state index in [4.69, 9.17) is 14.5 Å². The Balaban J connectivity index is 2.68. The van der Waals surface area contributed by atoms with E-state index >= 15 is 0 Å². The van der Waals surface area contributed by atoms with E-state index in [-0.39, 0.29) is 12.8 Å². The third-order valence-corrected chi connectivity index (χ3v) is 3.08. The van der Waals surface area contributed by atoms with Gasteiger partial charge in [0.1, 0.15) is 6.10 Å². The highest BCUT2D eigenvalue weighted by Crippen LogP contribution is 2.41. The van der Waals surface area contributed by atoms with Crippen molar-refractivity contribution in [1.29, 1.82) is 0 Å². The molecule has 0 heterocycles. The van der Waals surface area contributed by atoms with Gasteiger partial charge in [-0.05, 0) is 6.42 Å². The first-order valence-electron chi connectivity index (χ1n) is 5.55. The summed E-state index contributed by atoms with van der Waals surface area (Å²) in [5.41, 5.74) is 0. The number of aliphatic hydroxyl groups excluding tert-OH is 2. The molecule has 17 heavy (non-hydrogen) atoms. The maximum absolute atomic E-state index is 10.8. The van der Waals surface area contributed by atoms with Gasteiger partial charge in [0, 0.05) is 19.4 Å². The van der Waals surface area contributed by atoms with E-state index in [1.54, 1.807) is 0 Å². The normalized spacial score (nSPS) is 34.9. The average Bonchev–Trinajstić information content (AvgIpc) is 2.18. The van der Waals surface area contributed by atoms with E-state index in [9.17, 15) is 14.8 Å². The third-order valence-electron chi connectivity index (χ3n) is 2.56. The fourth-order valence-corrected chi connectivity index (χ4v) is 2.48. The lowest BCUT2D eigenvalue weighted by molar-refractivity contribution is -0.135. The molecule has 1 aliphatic carbocycles. The van der Waals surface area contributed by atoms with Crippen LogP contribution in [0.5, 0.6) is 0 Å². The summed E-state index contributed by atoms with van der Waals surface area (Å²) in [6.45, 7) is 2.26. The molecule has 1 saturated carbocycles. The second-order valence-corrected chi connectivity index (χ2v) is 5.35. The minimum absolute atomic E-state index is 0.0245. The summed E-state index contributed by atoms with van der Waals surface area (Å²) in [4.78, 5) is 17.5. The molecule has 4 atom stereocenters. The van der Waals surface area contributed by atoms with Crippen LogP contribution in [0.4, 0.5) is 0 Å². The van der Waals surface area contributed by atoms with Crippen LogP contribution < -0.4 is 0 Å². The van der Waals surface area contributed by atoms with Crippen LogP contribution in [0.25, 0.3) is 0 Å². The summed E-state index contributed by atoms with van der Waals surface area (Å²) >= 11 is 0. The van der Waals surface area contributed by atoms with E-state index < -0.39 is 32.2 Å². The Morgan fingerprint density at radius 2 is 1.94 bits per heavy atom. The molecule has 0 aliphatic heterocycles. The van der Waals surface area contributed by atoms with Crippen LogP contribution in [-0.4, -0.2) is 51.0 Å². The number of phosphoric acid groups is 1. The predicted molar refractivity (Wildman–Crippen MR) is 58.2 cm³/mol. The number of hydrogen-bond acceptors (Lipinski definition) is 5. The molecule has 0 aromatic rings. The number of phosphoric ester groups is 1. The molecule has 0 aromatic carbocycles. The van der Waals surface area contributed by atoms with Crippen molar-refractivity contribution in [1.82, 2.24) is 0 Å². The maximum atomic E-state index is 10.8. The summed E-state index contributed by atoms with van der Waals surface area (Å²) in [6.07, 6.45) is -2.76. The molecular weight excluding hydrogens is 251 g/mol. The molecule has 102 valence electrons. The molecule has 0 spiro atoms. The number of aliphatic hydroxyl groups is 2. The molecule has 0 bridgehead atoms. The van der Waals surface area contributed by atoms with Crippen LogP contribution >= 0.6 is 7.82 Å². The van der Waals surface area contributed by atoms with Gasteiger partial charge in [0.05, 0.1) is 18.3 Å². The van der Waals surface area contributed by atoms with Crippen molar-refractivity contribution in [2.24, 2.45) is 0 Å². The molecule has 0 radical (unpaired) electrons. The molecule has 7 nitrogen and oxygen atoms in total. The molecule has 1 fully saturated rings. The van der Waals surface area contributed by atoms with Crippen LogP contribution in [0.1, 0.15) is 26.2 Å². The van der Waals surface area contributed by atoms with Crippen molar-refractivity contribution in [3.8, 4) is 0 Å². The van der Waals surface area contributed by atoms with Crippen molar-refractivity contribution in [3.63, 3.8) is 0 Å². The molecule has 1 aliphatic rings. The maximum Gasteiger partial charge on any atom is 0.470 e. The standard InChI is InChI=1S/C9H19O7P/c1-2-3-15-8-5-6(10)4-7(11)9(8)16-17(12,13)14/h6-11H,2-5H2,1H3,(H2,12,13,14)/t6-,7-,8-,9-/m0/s1. The van der Waals surface area contributed by atoms with Gasteiger partial charge in [0.25, 0.3) is 0 Å². The zero-order valence-electron chi connectivity index (χ0n) is 9.60. The smallest absolute Gasteiger partial charge is 0.393 e. The van der Waals surface area contributed by atoms with Gasteiger partial charge >= 0.3 is 7.82 Å². The van der Waals surface area contributed by atoms with Gasteiger partial charge in [0.15, 0.2) is 0 Å². The lowest BCUT2D eigenvalue weighted by atomic mass is 9.90. The summed E-state index contributed by atoms with van der Waals surface area (Å²) in [5.74, 6) is 0. The van der Waals surface area contributed by atoms with Gasteiger partial charge in [-0.1, -0.05) is 6.92 Å². The average molecular weight is 270 g/mol. The fourth-order valence-electron chi connectivity index (χ4n) is 1.89. The molecule has 8 heteroatoms. The first kappa shape index (κ1) is 15.0. The van der Waals surface area contributed by atoms with Crippen LogP contribution in [0.2, 0.25) is 0 Å². The Hall–Kier alpha value is -0.0100.